The summed E-state index contributed by atoms with van der Waals surface area (Å²) in [6.07, 6.45) is 6.33. The highest BCUT2D eigenvalue weighted by atomic mass is 15.2. The molecule has 0 saturated heterocycles. The molecule has 0 amide bonds. The van der Waals surface area contributed by atoms with Crippen molar-refractivity contribution < 1.29 is 0 Å². The molecule has 0 aliphatic rings. The average molecular weight is 457 g/mol. The van der Waals surface area contributed by atoms with Crippen LogP contribution < -0.4 is 0 Å². The first-order valence-electron chi connectivity index (χ1n) is 11.9. The lowest BCUT2D eigenvalue weighted by atomic mass is 9.81. The summed E-state index contributed by atoms with van der Waals surface area (Å²) < 4.78 is 0. The number of hydrogen-bond acceptors (Lipinski definition) is 4. The lowest BCUT2D eigenvalue weighted by Gasteiger charge is -2.43. The van der Waals surface area contributed by atoms with Gasteiger partial charge in [0.2, 0.25) is 0 Å². The van der Waals surface area contributed by atoms with Crippen molar-refractivity contribution in [3.8, 4) is 0 Å². The maximum absolute atomic E-state index is 4.93. The van der Waals surface area contributed by atoms with Gasteiger partial charge in [-0.15, -0.1) is 0 Å². The van der Waals surface area contributed by atoms with Crippen LogP contribution in [-0.2, 0) is 25.0 Å². The van der Waals surface area contributed by atoms with Crippen LogP contribution >= 0.6 is 0 Å². The molecule has 172 valence electrons. The van der Waals surface area contributed by atoms with Crippen molar-refractivity contribution >= 4 is 0 Å². The van der Waals surface area contributed by atoms with Gasteiger partial charge in [-0.1, -0.05) is 78.9 Å². The van der Waals surface area contributed by atoms with Gasteiger partial charge in [0.15, 0.2) is 0 Å². The maximum atomic E-state index is 4.93. The second kappa shape index (κ2) is 10.9. The number of aromatic nitrogens is 3. The van der Waals surface area contributed by atoms with E-state index < -0.39 is 5.54 Å². The van der Waals surface area contributed by atoms with Gasteiger partial charge < -0.3 is 0 Å². The Hall–Kier alpha value is -4.15. The fourth-order valence-corrected chi connectivity index (χ4v) is 4.67. The molecule has 0 spiro atoms. The van der Waals surface area contributed by atoms with Gasteiger partial charge in [0.25, 0.3) is 0 Å². The predicted octanol–water partition coefficient (Wildman–Crippen LogP) is 6.06. The van der Waals surface area contributed by atoms with Crippen LogP contribution in [0.15, 0.2) is 134 Å². The fraction of sp³-hybridized carbons (Fsp3) is 0.129. The fourth-order valence-electron chi connectivity index (χ4n) is 4.67. The van der Waals surface area contributed by atoms with Crippen molar-refractivity contribution in [1.82, 2.24) is 19.9 Å². The zero-order valence-electron chi connectivity index (χ0n) is 19.6. The van der Waals surface area contributed by atoms with E-state index in [0.29, 0.717) is 6.54 Å². The molecular formula is C31H28N4. The molecule has 4 heteroatoms. The van der Waals surface area contributed by atoms with Gasteiger partial charge in [0.05, 0.1) is 17.1 Å². The average Bonchev–Trinajstić information content (AvgIpc) is 2.94. The third-order valence-corrected chi connectivity index (χ3v) is 6.32. The molecule has 0 aliphatic heterocycles. The Morgan fingerprint density at radius 2 is 1.00 bits per heavy atom. The van der Waals surface area contributed by atoms with Crippen molar-refractivity contribution in [3.63, 3.8) is 0 Å². The minimum Gasteiger partial charge on any atom is -0.277 e. The number of rotatable bonds is 9. The highest BCUT2D eigenvalue weighted by Gasteiger charge is 2.43. The van der Waals surface area contributed by atoms with E-state index in [1.165, 1.54) is 11.1 Å². The molecule has 0 aliphatic carbocycles. The SMILES string of the molecule is c1ccc(CN(Cc2ccccn2)C(Cc2ccccc2)(c2ccccn2)c2ccccn2)cc1. The van der Waals surface area contributed by atoms with E-state index in [2.05, 4.69) is 101 Å². The summed E-state index contributed by atoms with van der Waals surface area (Å²) in [5.74, 6) is 0. The number of benzene rings is 2. The smallest absolute Gasteiger partial charge is 0.111 e. The molecule has 3 aromatic heterocycles. The van der Waals surface area contributed by atoms with Crippen molar-refractivity contribution in [1.29, 1.82) is 0 Å². The van der Waals surface area contributed by atoms with Gasteiger partial charge in [-0.2, -0.15) is 0 Å². The Morgan fingerprint density at radius 1 is 0.486 bits per heavy atom. The van der Waals surface area contributed by atoms with Gasteiger partial charge in [-0.05, 0) is 47.5 Å². The second-order valence-corrected chi connectivity index (χ2v) is 8.62. The van der Waals surface area contributed by atoms with E-state index in [4.69, 9.17) is 9.97 Å². The van der Waals surface area contributed by atoms with Crippen LogP contribution in [0.1, 0.15) is 28.2 Å². The zero-order valence-corrected chi connectivity index (χ0v) is 19.6. The summed E-state index contributed by atoms with van der Waals surface area (Å²) in [7, 11) is 0. The molecule has 0 atom stereocenters. The highest BCUT2D eigenvalue weighted by molar-refractivity contribution is 5.35. The minimum atomic E-state index is -0.614. The number of pyridine rings is 3. The largest absolute Gasteiger partial charge is 0.277 e. The summed E-state index contributed by atoms with van der Waals surface area (Å²) in [5, 5.41) is 0. The van der Waals surface area contributed by atoms with Crippen LogP contribution in [-0.4, -0.2) is 19.9 Å². The molecular weight excluding hydrogens is 428 g/mol. The summed E-state index contributed by atoms with van der Waals surface area (Å²) in [4.78, 5) is 17.0. The molecule has 2 aromatic carbocycles. The summed E-state index contributed by atoms with van der Waals surface area (Å²) >= 11 is 0. The Morgan fingerprint density at radius 3 is 1.51 bits per heavy atom. The summed E-state index contributed by atoms with van der Waals surface area (Å²) in [6.45, 7) is 1.37. The van der Waals surface area contributed by atoms with Crippen molar-refractivity contribution in [2.24, 2.45) is 0 Å². The third kappa shape index (κ3) is 5.18. The summed E-state index contributed by atoms with van der Waals surface area (Å²) in [6, 6.07) is 39.6. The standard InChI is InChI=1S/C31H28N4/c1-3-13-26(14-4-1)23-31(29-18-8-11-21-33-29,30-19-9-12-22-34-30)35(24-27-15-5-2-6-16-27)25-28-17-7-10-20-32-28/h1-22H,23-25H2. The molecule has 5 rings (SSSR count). The van der Waals surface area contributed by atoms with Crippen molar-refractivity contribution in [2.75, 3.05) is 0 Å². The number of nitrogens with zero attached hydrogens (tertiary/aromatic N) is 4. The van der Waals surface area contributed by atoms with E-state index in [0.717, 1.165) is 30.0 Å². The van der Waals surface area contributed by atoms with E-state index in [-0.39, 0.29) is 0 Å². The Balaban J connectivity index is 1.73. The van der Waals surface area contributed by atoms with Gasteiger partial charge in [0.1, 0.15) is 5.54 Å². The van der Waals surface area contributed by atoms with Crippen LogP contribution in [0.5, 0.6) is 0 Å². The van der Waals surface area contributed by atoms with E-state index in [1.54, 1.807) is 0 Å². The van der Waals surface area contributed by atoms with Crippen LogP contribution in [0.25, 0.3) is 0 Å². The predicted molar refractivity (Wildman–Crippen MR) is 139 cm³/mol. The molecule has 0 bridgehead atoms. The Kier molecular flexibility index (Phi) is 7.02. The Labute approximate surface area is 207 Å². The lowest BCUT2D eigenvalue weighted by Crippen LogP contribution is -2.49. The topological polar surface area (TPSA) is 41.9 Å². The van der Waals surface area contributed by atoms with Crippen LogP contribution in [0.4, 0.5) is 0 Å². The molecule has 3 heterocycles. The first kappa shape index (κ1) is 22.6. The van der Waals surface area contributed by atoms with Crippen LogP contribution in [0.2, 0.25) is 0 Å². The monoisotopic (exact) mass is 456 g/mol. The molecule has 0 fully saturated rings. The van der Waals surface area contributed by atoms with Gasteiger partial charge in [-0.3, -0.25) is 19.9 Å². The van der Waals surface area contributed by atoms with Crippen LogP contribution in [0, 0.1) is 0 Å². The van der Waals surface area contributed by atoms with Crippen molar-refractivity contribution in [2.45, 2.75) is 25.0 Å². The minimum absolute atomic E-state index is 0.614. The van der Waals surface area contributed by atoms with Gasteiger partial charge >= 0.3 is 0 Å². The second-order valence-electron chi connectivity index (χ2n) is 8.62. The van der Waals surface area contributed by atoms with Gasteiger partial charge in [0, 0.05) is 38.1 Å². The molecule has 0 N–H and O–H groups in total. The molecule has 0 radical (unpaired) electrons. The van der Waals surface area contributed by atoms with Gasteiger partial charge in [-0.25, -0.2) is 0 Å². The maximum Gasteiger partial charge on any atom is 0.111 e. The van der Waals surface area contributed by atoms with E-state index >= 15 is 0 Å². The molecule has 5 aromatic rings. The quantitative estimate of drug-likeness (QED) is 0.270. The third-order valence-electron chi connectivity index (χ3n) is 6.32. The van der Waals surface area contributed by atoms with E-state index in [9.17, 15) is 0 Å². The molecule has 35 heavy (non-hydrogen) atoms. The first-order chi connectivity index (χ1) is 17.3. The number of hydrogen-bond donors (Lipinski definition) is 0. The Bertz CT molecular complexity index is 1210. The summed E-state index contributed by atoms with van der Waals surface area (Å²) in [5.41, 5.74) is 4.78. The molecule has 0 unspecified atom stereocenters. The zero-order chi connectivity index (χ0) is 23.8. The highest BCUT2D eigenvalue weighted by Crippen LogP contribution is 2.39. The molecule has 4 nitrogen and oxygen atoms in total. The first-order valence-corrected chi connectivity index (χ1v) is 11.9. The van der Waals surface area contributed by atoms with Crippen LogP contribution in [0.3, 0.4) is 0 Å². The molecule has 0 saturated carbocycles. The van der Waals surface area contributed by atoms with Crippen molar-refractivity contribution in [3.05, 3.63) is 162 Å². The normalized spacial score (nSPS) is 11.5. The van der Waals surface area contributed by atoms with E-state index in [1.807, 2.05) is 42.9 Å². The lowest BCUT2D eigenvalue weighted by molar-refractivity contribution is 0.0933.